The molecule has 2 N–H and O–H groups in total. The Kier molecular flexibility index (Phi) is 9.15. The molecule has 1 amide bonds. The molecule has 10 nitrogen and oxygen atoms in total. The highest BCUT2D eigenvalue weighted by atomic mass is 19.4. The molecule has 0 aliphatic rings. The standard InChI is InChI=1S/C32H26F3N7O3/c1-20-5-6-22(14-21(20)8-10-26-18-39-29-4-3-12-40-42(26)29)30(43)41-24-9-7-23(27(15-24)32(33,34)35)16-36-13-11-25-17-38-28(19-37-25)31(44)45-2/h3-7,9,12,14-15,17-19,36H,11,13,16H2,1-2H3,(H,41,43). The molecule has 2 aromatic carbocycles. The fourth-order valence-electron chi connectivity index (χ4n) is 4.35. The molecule has 0 spiro atoms. The summed E-state index contributed by atoms with van der Waals surface area (Å²) in [6.45, 7) is 2.09. The third-order valence-electron chi connectivity index (χ3n) is 6.75. The number of anilines is 1. The highest BCUT2D eigenvalue weighted by molar-refractivity contribution is 6.04. The average molecular weight is 614 g/mol. The number of halogens is 3. The third-order valence-corrected chi connectivity index (χ3v) is 6.75. The van der Waals surface area contributed by atoms with E-state index in [0.717, 1.165) is 11.6 Å². The second-order valence-electron chi connectivity index (χ2n) is 9.85. The number of methoxy groups -OCH3 is 1. The minimum absolute atomic E-state index is 0.00191. The molecule has 0 unspecified atom stereocenters. The van der Waals surface area contributed by atoms with Crippen LogP contribution in [0.4, 0.5) is 18.9 Å². The van der Waals surface area contributed by atoms with E-state index in [9.17, 15) is 22.8 Å². The lowest BCUT2D eigenvalue weighted by Gasteiger charge is -2.16. The molecule has 228 valence electrons. The highest BCUT2D eigenvalue weighted by Gasteiger charge is 2.33. The number of benzene rings is 2. The number of hydrogen-bond donors (Lipinski definition) is 2. The van der Waals surface area contributed by atoms with Crippen LogP contribution >= 0.6 is 0 Å². The van der Waals surface area contributed by atoms with Crippen molar-refractivity contribution in [2.24, 2.45) is 0 Å². The quantitative estimate of drug-likeness (QED) is 0.148. The van der Waals surface area contributed by atoms with Crippen LogP contribution in [0, 0.1) is 18.8 Å². The largest absolute Gasteiger partial charge is 0.464 e. The predicted molar refractivity (Wildman–Crippen MR) is 158 cm³/mol. The molecule has 5 aromatic rings. The first-order chi connectivity index (χ1) is 21.6. The Morgan fingerprint density at radius 2 is 1.84 bits per heavy atom. The maximum absolute atomic E-state index is 14.0. The van der Waals surface area contributed by atoms with Gasteiger partial charge in [-0.25, -0.2) is 19.3 Å². The van der Waals surface area contributed by atoms with Gasteiger partial charge in [-0.1, -0.05) is 18.1 Å². The van der Waals surface area contributed by atoms with E-state index in [2.05, 4.69) is 47.3 Å². The zero-order valence-electron chi connectivity index (χ0n) is 24.1. The first-order valence-electron chi connectivity index (χ1n) is 13.7. The van der Waals surface area contributed by atoms with Gasteiger partial charge in [0.05, 0.1) is 30.8 Å². The van der Waals surface area contributed by atoms with Crippen LogP contribution in [0.2, 0.25) is 0 Å². The van der Waals surface area contributed by atoms with Crippen molar-refractivity contribution >= 4 is 23.2 Å². The number of aryl methyl sites for hydroxylation is 1. The summed E-state index contributed by atoms with van der Waals surface area (Å²) in [6.07, 6.45) is 1.64. The number of alkyl halides is 3. The fourth-order valence-corrected chi connectivity index (χ4v) is 4.35. The summed E-state index contributed by atoms with van der Waals surface area (Å²) in [7, 11) is 1.23. The van der Waals surface area contributed by atoms with Crippen LogP contribution < -0.4 is 10.6 Å². The van der Waals surface area contributed by atoms with Gasteiger partial charge in [0.2, 0.25) is 0 Å². The molecule has 0 saturated carbocycles. The van der Waals surface area contributed by atoms with Gasteiger partial charge in [0, 0.05) is 48.7 Å². The summed E-state index contributed by atoms with van der Waals surface area (Å²) in [5.41, 5.74) is 2.62. The SMILES string of the molecule is COC(=O)c1cnc(CCNCc2ccc(NC(=O)c3ccc(C)c(C#Cc4cnc5cccnn45)c3)cc2C(F)(F)F)cn1. The monoisotopic (exact) mass is 613 g/mol. The lowest BCUT2D eigenvalue weighted by Crippen LogP contribution is -2.21. The Balaban J connectivity index is 1.25. The van der Waals surface area contributed by atoms with Gasteiger partial charge in [0.15, 0.2) is 11.3 Å². The van der Waals surface area contributed by atoms with Crippen molar-refractivity contribution in [1.29, 1.82) is 0 Å². The Morgan fingerprint density at radius 1 is 1.00 bits per heavy atom. The lowest BCUT2D eigenvalue weighted by molar-refractivity contribution is -0.138. The van der Waals surface area contributed by atoms with E-state index < -0.39 is 23.6 Å². The number of carbonyl (C=O) groups is 2. The van der Waals surface area contributed by atoms with Gasteiger partial charge in [-0.15, -0.1) is 0 Å². The van der Waals surface area contributed by atoms with E-state index in [4.69, 9.17) is 0 Å². The van der Waals surface area contributed by atoms with Gasteiger partial charge in [0.25, 0.3) is 5.91 Å². The minimum atomic E-state index is -4.65. The Morgan fingerprint density at radius 3 is 2.60 bits per heavy atom. The number of rotatable bonds is 8. The van der Waals surface area contributed by atoms with E-state index in [-0.39, 0.29) is 29.1 Å². The molecule has 5 rings (SSSR count). The van der Waals surface area contributed by atoms with Crippen LogP contribution in [-0.4, -0.2) is 50.1 Å². The summed E-state index contributed by atoms with van der Waals surface area (Å²) >= 11 is 0. The summed E-state index contributed by atoms with van der Waals surface area (Å²) in [5.74, 6) is 4.86. The number of nitrogens with zero attached hydrogens (tertiary/aromatic N) is 5. The summed E-state index contributed by atoms with van der Waals surface area (Å²) in [5, 5.41) is 9.76. The van der Waals surface area contributed by atoms with E-state index in [1.54, 1.807) is 47.2 Å². The normalized spacial score (nSPS) is 11.1. The second kappa shape index (κ2) is 13.4. The van der Waals surface area contributed by atoms with Gasteiger partial charge < -0.3 is 15.4 Å². The van der Waals surface area contributed by atoms with E-state index in [0.29, 0.717) is 35.6 Å². The number of hydrogen-bond acceptors (Lipinski definition) is 8. The predicted octanol–water partition coefficient (Wildman–Crippen LogP) is 4.62. The van der Waals surface area contributed by atoms with Crippen LogP contribution in [0.5, 0.6) is 0 Å². The van der Waals surface area contributed by atoms with Gasteiger partial charge in [-0.3, -0.25) is 9.78 Å². The molecule has 3 aromatic heterocycles. The number of ether oxygens (including phenoxy) is 1. The molecule has 0 radical (unpaired) electrons. The van der Waals surface area contributed by atoms with Crippen LogP contribution in [-0.2, 0) is 23.9 Å². The molecule has 3 heterocycles. The number of imidazole rings is 1. The molecular weight excluding hydrogens is 587 g/mol. The molecule has 0 aliphatic heterocycles. The first kappa shape index (κ1) is 30.8. The summed E-state index contributed by atoms with van der Waals surface area (Å²) < 4.78 is 48.1. The average Bonchev–Trinajstić information content (AvgIpc) is 3.45. The zero-order valence-corrected chi connectivity index (χ0v) is 24.1. The summed E-state index contributed by atoms with van der Waals surface area (Å²) in [4.78, 5) is 36.8. The van der Waals surface area contributed by atoms with Crippen LogP contribution in [0.25, 0.3) is 5.65 Å². The maximum Gasteiger partial charge on any atom is 0.416 e. The lowest BCUT2D eigenvalue weighted by atomic mass is 10.0. The third kappa shape index (κ3) is 7.49. The molecule has 13 heteroatoms. The Bertz CT molecular complexity index is 1930. The maximum atomic E-state index is 14.0. The molecule has 0 aliphatic carbocycles. The molecule has 45 heavy (non-hydrogen) atoms. The zero-order chi connectivity index (χ0) is 32.0. The second-order valence-corrected chi connectivity index (χ2v) is 9.85. The molecule has 0 atom stereocenters. The minimum Gasteiger partial charge on any atom is -0.464 e. The molecule has 0 bridgehead atoms. The molecule has 0 fully saturated rings. The van der Waals surface area contributed by atoms with Crippen molar-refractivity contribution in [2.75, 3.05) is 19.0 Å². The highest BCUT2D eigenvalue weighted by Crippen LogP contribution is 2.34. The van der Waals surface area contributed by atoms with Crippen molar-refractivity contribution in [2.45, 2.75) is 26.1 Å². The van der Waals surface area contributed by atoms with Crippen molar-refractivity contribution in [3.63, 3.8) is 0 Å². The van der Waals surface area contributed by atoms with E-state index in [1.807, 2.05) is 6.92 Å². The number of fused-ring (bicyclic) bond motifs is 1. The smallest absolute Gasteiger partial charge is 0.416 e. The number of carbonyl (C=O) groups excluding carboxylic acids is 2. The fraction of sp³-hybridized carbons (Fsp3) is 0.188. The van der Waals surface area contributed by atoms with Crippen LogP contribution in [0.15, 0.2) is 73.3 Å². The Labute approximate surface area is 255 Å². The van der Waals surface area contributed by atoms with E-state index in [1.165, 1.54) is 31.6 Å². The van der Waals surface area contributed by atoms with Gasteiger partial charge in [-0.05, 0) is 60.4 Å². The first-order valence-corrected chi connectivity index (χ1v) is 13.7. The van der Waals surface area contributed by atoms with Gasteiger partial charge in [-0.2, -0.15) is 18.3 Å². The molecule has 0 saturated heterocycles. The van der Waals surface area contributed by atoms with Crippen molar-refractivity contribution < 1.29 is 27.5 Å². The van der Waals surface area contributed by atoms with Crippen molar-refractivity contribution in [3.8, 4) is 11.8 Å². The Hall–Kier alpha value is -5.61. The number of aromatic nitrogens is 5. The van der Waals surface area contributed by atoms with Gasteiger partial charge in [0.1, 0.15) is 5.69 Å². The van der Waals surface area contributed by atoms with Gasteiger partial charge >= 0.3 is 12.1 Å². The number of esters is 1. The topological polar surface area (TPSA) is 123 Å². The van der Waals surface area contributed by atoms with Crippen LogP contribution in [0.3, 0.4) is 0 Å². The summed E-state index contributed by atoms with van der Waals surface area (Å²) in [6, 6.07) is 12.1. The van der Waals surface area contributed by atoms with E-state index >= 15 is 0 Å². The van der Waals surface area contributed by atoms with Crippen molar-refractivity contribution in [1.82, 2.24) is 29.9 Å². The number of nitrogens with one attached hydrogen (secondary N) is 2. The molecular formula is C32H26F3N7O3. The number of amides is 1. The van der Waals surface area contributed by atoms with Crippen LogP contribution in [0.1, 0.15) is 54.5 Å². The van der Waals surface area contributed by atoms with Crippen molar-refractivity contribution in [3.05, 3.63) is 118 Å².